The van der Waals surface area contributed by atoms with Crippen molar-refractivity contribution in [2.45, 2.75) is 26.2 Å². The Kier molecular flexibility index (Phi) is 6.05. The summed E-state index contributed by atoms with van der Waals surface area (Å²) in [6.07, 6.45) is 3.79. The van der Waals surface area contributed by atoms with Crippen LogP contribution in [0, 0.1) is 5.92 Å². The first-order chi connectivity index (χ1) is 9.28. The van der Waals surface area contributed by atoms with Gasteiger partial charge in [-0.2, -0.15) is 0 Å². The molecule has 106 valence electrons. The molecule has 1 unspecified atom stereocenters. The third-order valence-electron chi connectivity index (χ3n) is 4.03. The van der Waals surface area contributed by atoms with Gasteiger partial charge in [-0.1, -0.05) is 37.3 Å². The second-order valence-electron chi connectivity index (χ2n) is 5.41. The minimum absolute atomic E-state index is 0.611. The minimum Gasteiger partial charge on any atom is -0.302 e. The molecule has 0 bridgehead atoms. The summed E-state index contributed by atoms with van der Waals surface area (Å²) in [6.45, 7) is 5.37. The molecule has 0 radical (unpaired) electrons. The number of likely N-dealkylation sites (tertiary alicyclic amines) is 1. The number of hydrogen-bond donors (Lipinski definition) is 0. The van der Waals surface area contributed by atoms with E-state index in [4.69, 9.17) is 0 Å². The van der Waals surface area contributed by atoms with Crippen molar-refractivity contribution in [3.8, 4) is 0 Å². The summed E-state index contributed by atoms with van der Waals surface area (Å²) in [4.78, 5) is 2.48. The van der Waals surface area contributed by atoms with Gasteiger partial charge < -0.3 is 4.90 Å². The number of benzene rings is 1. The van der Waals surface area contributed by atoms with E-state index in [2.05, 4.69) is 35.2 Å². The lowest BCUT2D eigenvalue weighted by molar-refractivity contribution is 0.193. The Bertz CT molecular complexity index is 385. The minimum atomic E-state index is -0.611. The molecule has 0 aromatic heterocycles. The first kappa shape index (κ1) is 14.7. The smallest absolute Gasteiger partial charge is 0.0362 e. The largest absolute Gasteiger partial charge is 0.302 e. The van der Waals surface area contributed by atoms with Crippen LogP contribution in [0.25, 0.3) is 0 Å². The fraction of sp³-hybridized carbons (Fsp3) is 0.625. The lowest BCUT2D eigenvalue weighted by Crippen LogP contribution is -2.36. The molecule has 1 atom stereocenters. The molecule has 0 N–H and O–H groups in total. The number of piperidine rings is 1. The van der Waals surface area contributed by atoms with E-state index >= 15 is 0 Å². The summed E-state index contributed by atoms with van der Waals surface area (Å²) in [5, 5.41) is 0. The SMILES string of the molecule is CCS(=O)CCN1CCC(Cc2ccccc2)CC1. The van der Waals surface area contributed by atoms with Gasteiger partial charge in [-0.15, -0.1) is 0 Å². The van der Waals surface area contributed by atoms with Gasteiger partial charge >= 0.3 is 0 Å². The van der Waals surface area contributed by atoms with Crippen molar-refractivity contribution in [2.75, 3.05) is 31.1 Å². The molecule has 1 heterocycles. The highest BCUT2D eigenvalue weighted by Gasteiger charge is 2.19. The van der Waals surface area contributed by atoms with Crippen LogP contribution in [0.1, 0.15) is 25.3 Å². The van der Waals surface area contributed by atoms with Crippen LogP contribution in [-0.2, 0) is 17.2 Å². The molecule has 19 heavy (non-hydrogen) atoms. The van der Waals surface area contributed by atoms with E-state index in [0.29, 0.717) is 0 Å². The predicted octanol–water partition coefficient (Wildman–Crippen LogP) is 2.71. The van der Waals surface area contributed by atoms with E-state index < -0.39 is 10.8 Å². The van der Waals surface area contributed by atoms with Crippen LogP contribution >= 0.6 is 0 Å². The monoisotopic (exact) mass is 279 g/mol. The van der Waals surface area contributed by atoms with Gasteiger partial charge in [0.2, 0.25) is 0 Å². The highest BCUT2D eigenvalue weighted by atomic mass is 32.2. The molecule has 1 aromatic carbocycles. The van der Waals surface area contributed by atoms with Crippen molar-refractivity contribution in [1.29, 1.82) is 0 Å². The summed E-state index contributed by atoms with van der Waals surface area (Å²) < 4.78 is 11.4. The van der Waals surface area contributed by atoms with E-state index in [1.165, 1.54) is 37.9 Å². The van der Waals surface area contributed by atoms with Gasteiger partial charge in [-0.3, -0.25) is 4.21 Å². The van der Waals surface area contributed by atoms with Gasteiger partial charge in [0.15, 0.2) is 0 Å². The molecule has 2 nitrogen and oxygen atoms in total. The maximum atomic E-state index is 11.4. The van der Waals surface area contributed by atoms with Gasteiger partial charge in [-0.25, -0.2) is 0 Å². The molecule has 0 spiro atoms. The molecular formula is C16H25NOS. The van der Waals surface area contributed by atoms with Crippen molar-refractivity contribution >= 4 is 10.8 Å². The van der Waals surface area contributed by atoms with Crippen LogP contribution in [0.15, 0.2) is 30.3 Å². The highest BCUT2D eigenvalue weighted by Crippen LogP contribution is 2.21. The Balaban J connectivity index is 1.69. The van der Waals surface area contributed by atoms with E-state index in [9.17, 15) is 4.21 Å². The first-order valence-electron chi connectivity index (χ1n) is 7.39. The van der Waals surface area contributed by atoms with Gasteiger partial charge in [0.05, 0.1) is 0 Å². The van der Waals surface area contributed by atoms with Crippen molar-refractivity contribution in [3.63, 3.8) is 0 Å². The molecular weight excluding hydrogens is 254 g/mol. The average Bonchev–Trinajstić information content (AvgIpc) is 2.47. The zero-order valence-electron chi connectivity index (χ0n) is 11.9. The van der Waals surface area contributed by atoms with Crippen LogP contribution in [0.2, 0.25) is 0 Å². The standard InChI is InChI=1S/C16H25NOS/c1-2-19(18)13-12-17-10-8-16(9-11-17)14-15-6-4-3-5-7-15/h3-7,16H,2,8-14H2,1H3. The van der Waals surface area contributed by atoms with Gasteiger partial charge in [0.1, 0.15) is 0 Å². The van der Waals surface area contributed by atoms with Crippen molar-refractivity contribution in [1.82, 2.24) is 4.90 Å². The first-order valence-corrected chi connectivity index (χ1v) is 8.88. The van der Waals surface area contributed by atoms with Crippen LogP contribution in [0.3, 0.4) is 0 Å². The Morgan fingerprint density at radius 2 is 1.89 bits per heavy atom. The average molecular weight is 279 g/mol. The van der Waals surface area contributed by atoms with E-state index in [-0.39, 0.29) is 0 Å². The molecule has 1 fully saturated rings. The molecule has 0 aliphatic carbocycles. The molecule has 2 rings (SSSR count). The second kappa shape index (κ2) is 7.81. The summed E-state index contributed by atoms with van der Waals surface area (Å²) in [6, 6.07) is 10.8. The molecule has 0 amide bonds. The summed E-state index contributed by atoms with van der Waals surface area (Å²) >= 11 is 0. The zero-order valence-corrected chi connectivity index (χ0v) is 12.7. The lowest BCUT2D eigenvalue weighted by atomic mass is 9.90. The zero-order chi connectivity index (χ0) is 13.5. The summed E-state index contributed by atoms with van der Waals surface area (Å²) in [5.41, 5.74) is 1.47. The predicted molar refractivity (Wildman–Crippen MR) is 82.9 cm³/mol. The Morgan fingerprint density at radius 1 is 1.21 bits per heavy atom. The highest BCUT2D eigenvalue weighted by molar-refractivity contribution is 7.84. The maximum Gasteiger partial charge on any atom is 0.0362 e. The Labute approximate surface area is 119 Å². The molecule has 1 saturated heterocycles. The molecule has 1 aliphatic rings. The third-order valence-corrected chi connectivity index (χ3v) is 5.31. The molecule has 1 aromatic rings. The van der Waals surface area contributed by atoms with Crippen molar-refractivity contribution in [3.05, 3.63) is 35.9 Å². The topological polar surface area (TPSA) is 20.3 Å². The normalized spacial score (nSPS) is 19.4. The summed E-state index contributed by atoms with van der Waals surface area (Å²) in [7, 11) is -0.611. The van der Waals surface area contributed by atoms with E-state index in [0.717, 1.165) is 24.0 Å². The molecule has 0 saturated carbocycles. The maximum absolute atomic E-state index is 11.4. The fourth-order valence-electron chi connectivity index (χ4n) is 2.74. The van der Waals surface area contributed by atoms with Crippen molar-refractivity contribution in [2.24, 2.45) is 5.92 Å². The van der Waals surface area contributed by atoms with E-state index in [1.807, 2.05) is 6.92 Å². The molecule has 1 aliphatic heterocycles. The lowest BCUT2D eigenvalue weighted by Gasteiger charge is -2.31. The molecule has 3 heteroatoms. The quantitative estimate of drug-likeness (QED) is 0.798. The van der Waals surface area contributed by atoms with Gasteiger partial charge in [-0.05, 0) is 43.8 Å². The van der Waals surface area contributed by atoms with Gasteiger partial charge in [0, 0.05) is 28.9 Å². The van der Waals surface area contributed by atoms with Crippen LogP contribution < -0.4 is 0 Å². The summed E-state index contributed by atoms with van der Waals surface area (Å²) in [5.74, 6) is 2.47. The van der Waals surface area contributed by atoms with Crippen LogP contribution in [0.5, 0.6) is 0 Å². The Morgan fingerprint density at radius 3 is 2.53 bits per heavy atom. The Hall–Kier alpha value is -0.670. The second-order valence-corrected chi connectivity index (χ2v) is 7.27. The van der Waals surface area contributed by atoms with E-state index in [1.54, 1.807) is 0 Å². The van der Waals surface area contributed by atoms with Crippen molar-refractivity contribution < 1.29 is 4.21 Å². The number of hydrogen-bond acceptors (Lipinski definition) is 2. The van der Waals surface area contributed by atoms with Crippen LogP contribution in [0.4, 0.5) is 0 Å². The number of nitrogens with zero attached hydrogens (tertiary/aromatic N) is 1. The van der Waals surface area contributed by atoms with Gasteiger partial charge in [0.25, 0.3) is 0 Å². The van der Waals surface area contributed by atoms with Crippen LogP contribution in [-0.4, -0.2) is 40.2 Å². The fourth-order valence-corrected chi connectivity index (χ4v) is 3.49. The third kappa shape index (κ3) is 5.07. The number of rotatable bonds is 6.